The van der Waals surface area contributed by atoms with Crippen molar-refractivity contribution in [2.45, 2.75) is 20.8 Å². The van der Waals surface area contributed by atoms with Gasteiger partial charge in [0.05, 0.1) is 5.56 Å². The topological polar surface area (TPSA) is 87.7 Å². The number of hydrogen-bond donors (Lipinski definition) is 3. The number of nitrogens with zero attached hydrogens (tertiary/aromatic N) is 1. The molecule has 0 radical (unpaired) electrons. The summed E-state index contributed by atoms with van der Waals surface area (Å²) in [5, 5.41) is 14.1. The lowest BCUT2D eigenvalue weighted by molar-refractivity contribution is 0.0940. The van der Waals surface area contributed by atoms with Crippen LogP contribution in [-0.2, 0) is 0 Å². The minimum Gasteiger partial charge on any atom is -0.409 e. The van der Waals surface area contributed by atoms with Crippen LogP contribution in [0.2, 0.25) is 0 Å². The molecule has 0 aliphatic rings. The van der Waals surface area contributed by atoms with E-state index < -0.39 is 17.1 Å². The zero-order valence-corrected chi connectivity index (χ0v) is 11.2. The van der Waals surface area contributed by atoms with Crippen LogP contribution in [0.1, 0.15) is 29.8 Å². The fourth-order valence-electron chi connectivity index (χ4n) is 1.43. The summed E-state index contributed by atoms with van der Waals surface area (Å²) >= 11 is 0. The molecule has 0 saturated heterocycles. The minimum absolute atomic E-state index is 0.00261. The third kappa shape index (κ3) is 3.67. The molecule has 0 spiro atoms. The van der Waals surface area contributed by atoms with Crippen LogP contribution in [0.15, 0.2) is 23.4 Å². The molecule has 4 N–H and O–H groups in total. The van der Waals surface area contributed by atoms with Crippen molar-refractivity contribution in [1.29, 1.82) is 0 Å². The lowest BCUT2D eigenvalue weighted by Crippen LogP contribution is -2.42. The summed E-state index contributed by atoms with van der Waals surface area (Å²) in [6, 6.07) is 4.38. The van der Waals surface area contributed by atoms with E-state index in [0.717, 1.165) is 5.56 Å². The number of hydrogen-bond acceptors (Lipinski definition) is 3. The lowest BCUT2D eigenvalue weighted by atomic mass is 9.92. The molecule has 0 aliphatic carbocycles. The van der Waals surface area contributed by atoms with E-state index in [0.29, 0.717) is 0 Å². The maximum atomic E-state index is 13.6. The maximum Gasteiger partial charge on any atom is 0.254 e. The van der Waals surface area contributed by atoms with E-state index in [4.69, 9.17) is 10.9 Å². The number of amides is 1. The van der Waals surface area contributed by atoms with Crippen LogP contribution in [-0.4, -0.2) is 23.5 Å². The van der Waals surface area contributed by atoms with Crippen molar-refractivity contribution < 1.29 is 14.4 Å². The highest BCUT2D eigenvalue weighted by Crippen LogP contribution is 2.15. The Morgan fingerprint density at radius 1 is 1.53 bits per heavy atom. The van der Waals surface area contributed by atoms with Crippen molar-refractivity contribution in [3.8, 4) is 0 Å². The molecule has 1 aromatic rings. The first-order valence-corrected chi connectivity index (χ1v) is 5.80. The number of amidine groups is 1. The van der Waals surface area contributed by atoms with E-state index in [2.05, 4.69) is 10.5 Å². The normalized spacial score (nSPS) is 12.3. The van der Waals surface area contributed by atoms with E-state index in [-0.39, 0.29) is 17.9 Å². The van der Waals surface area contributed by atoms with Gasteiger partial charge in [0.1, 0.15) is 11.7 Å². The standard InChI is InChI=1S/C13H18FN3O2/c1-8-4-5-9(10(14)6-8)11(18)16-7-13(2,3)12(15)17-19/h4-6,19H,7H2,1-3H3,(H2,15,17)(H,16,18). The second-order valence-corrected chi connectivity index (χ2v) is 5.04. The number of carbonyl (C=O) groups excluding carboxylic acids is 1. The quantitative estimate of drug-likeness (QED) is 0.335. The Bertz CT molecular complexity index is 513. The first-order chi connectivity index (χ1) is 8.77. The first-order valence-electron chi connectivity index (χ1n) is 5.80. The van der Waals surface area contributed by atoms with E-state index in [9.17, 15) is 9.18 Å². The number of rotatable bonds is 4. The van der Waals surface area contributed by atoms with Crippen molar-refractivity contribution in [3.63, 3.8) is 0 Å². The van der Waals surface area contributed by atoms with E-state index in [1.54, 1.807) is 26.8 Å². The van der Waals surface area contributed by atoms with Gasteiger partial charge >= 0.3 is 0 Å². The van der Waals surface area contributed by atoms with Crippen molar-refractivity contribution in [2.75, 3.05) is 6.54 Å². The van der Waals surface area contributed by atoms with Gasteiger partial charge in [-0.15, -0.1) is 0 Å². The van der Waals surface area contributed by atoms with Crippen LogP contribution in [0, 0.1) is 18.2 Å². The SMILES string of the molecule is Cc1ccc(C(=O)NCC(C)(C)/C(N)=N/O)c(F)c1. The van der Waals surface area contributed by atoms with Crippen LogP contribution < -0.4 is 11.1 Å². The van der Waals surface area contributed by atoms with Crippen LogP contribution in [0.4, 0.5) is 4.39 Å². The van der Waals surface area contributed by atoms with Gasteiger partial charge in [0.15, 0.2) is 0 Å². The second-order valence-electron chi connectivity index (χ2n) is 5.04. The molecule has 0 fully saturated rings. The zero-order valence-electron chi connectivity index (χ0n) is 11.2. The van der Waals surface area contributed by atoms with E-state index in [1.165, 1.54) is 12.1 Å². The molecule has 0 aromatic heterocycles. The number of carbonyl (C=O) groups is 1. The minimum atomic E-state index is -0.717. The average molecular weight is 267 g/mol. The summed E-state index contributed by atoms with van der Waals surface area (Å²) in [5.41, 5.74) is 5.50. The number of aryl methyl sites for hydroxylation is 1. The van der Waals surface area contributed by atoms with Gasteiger partial charge in [0, 0.05) is 12.0 Å². The molecule has 5 nitrogen and oxygen atoms in total. The number of nitrogens with two attached hydrogens (primary N) is 1. The van der Waals surface area contributed by atoms with Gasteiger partial charge in [0.25, 0.3) is 5.91 Å². The van der Waals surface area contributed by atoms with Crippen LogP contribution >= 0.6 is 0 Å². The Balaban J connectivity index is 2.76. The van der Waals surface area contributed by atoms with Crippen LogP contribution in [0.5, 0.6) is 0 Å². The number of benzene rings is 1. The zero-order chi connectivity index (χ0) is 14.6. The third-order valence-corrected chi connectivity index (χ3v) is 2.86. The van der Waals surface area contributed by atoms with E-state index >= 15 is 0 Å². The predicted octanol–water partition coefficient (Wildman–Crippen LogP) is 1.64. The van der Waals surface area contributed by atoms with Gasteiger partial charge in [-0.05, 0) is 24.6 Å². The highest BCUT2D eigenvalue weighted by Gasteiger charge is 2.25. The van der Waals surface area contributed by atoms with E-state index in [1.807, 2.05) is 0 Å². The highest BCUT2D eigenvalue weighted by molar-refractivity contribution is 5.95. The Morgan fingerprint density at radius 3 is 2.68 bits per heavy atom. The van der Waals surface area contributed by atoms with Crippen molar-refractivity contribution in [1.82, 2.24) is 5.32 Å². The van der Waals surface area contributed by atoms with Gasteiger partial charge in [-0.3, -0.25) is 4.79 Å². The molecule has 0 saturated carbocycles. The molecule has 19 heavy (non-hydrogen) atoms. The van der Waals surface area contributed by atoms with Crippen LogP contribution in [0.25, 0.3) is 0 Å². The van der Waals surface area contributed by atoms with Crippen molar-refractivity contribution in [3.05, 3.63) is 35.1 Å². The monoisotopic (exact) mass is 267 g/mol. The van der Waals surface area contributed by atoms with Gasteiger partial charge < -0.3 is 16.3 Å². The van der Waals surface area contributed by atoms with Crippen molar-refractivity contribution >= 4 is 11.7 Å². The molecule has 104 valence electrons. The number of oxime groups is 1. The Morgan fingerprint density at radius 2 is 2.16 bits per heavy atom. The second kappa shape index (κ2) is 5.69. The van der Waals surface area contributed by atoms with Crippen LogP contribution in [0.3, 0.4) is 0 Å². The fraction of sp³-hybridized carbons (Fsp3) is 0.385. The summed E-state index contributed by atoms with van der Waals surface area (Å²) in [7, 11) is 0. The lowest BCUT2D eigenvalue weighted by Gasteiger charge is -2.23. The predicted molar refractivity (Wildman–Crippen MR) is 70.7 cm³/mol. The largest absolute Gasteiger partial charge is 0.409 e. The summed E-state index contributed by atoms with van der Waals surface area (Å²) in [4.78, 5) is 11.8. The molecule has 0 heterocycles. The molecule has 1 amide bonds. The van der Waals surface area contributed by atoms with Gasteiger partial charge in [0.2, 0.25) is 0 Å². The molecule has 0 atom stereocenters. The molecule has 1 rings (SSSR count). The van der Waals surface area contributed by atoms with Gasteiger partial charge in [-0.2, -0.15) is 0 Å². The van der Waals surface area contributed by atoms with Gasteiger partial charge in [-0.25, -0.2) is 4.39 Å². The fourth-order valence-corrected chi connectivity index (χ4v) is 1.43. The van der Waals surface area contributed by atoms with Crippen molar-refractivity contribution in [2.24, 2.45) is 16.3 Å². The maximum absolute atomic E-state index is 13.6. The third-order valence-electron chi connectivity index (χ3n) is 2.86. The summed E-state index contributed by atoms with van der Waals surface area (Å²) in [6.07, 6.45) is 0. The Labute approximate surface area is 111 Å². The summed E-state index contributed by atoms with van der Waals surface area (Å²) in [5.74, 6) is -1.10. The smallest absolute Gasteiger partial charge is 0.254 e. The first kappa shape index (κ1) is 14.9. The molecule has 6 heteroatoms. The number of nitrogens with one attached hydrogen (secondary N) is 1. The molecule has 0 aliphatic heterocycles. The molecule has 0 bridgehead atoms. The summed E-state index contributed by atoms with van der Waals surface area (Å²) in [6.45, 7) is 5.28. The molecule has 1 aromatic carbocycles. The van der Waals surface area contributed by atoms with Gasteiger partial charge in [-0.1, -0.05) is 25.1 Å². The Kier molecular flexibility index (Phi) is 4.47. The Hall–Kier alpha value is -2.11. The number of halogens is 1. The highest BCUT2D eigenvalue weighted by atomic mass is 19.1. The molecule has 0 unspecified atom stereocenters. The average Bonchev–Trinajstić information content (AvgIpc) is 2.35. The molecular formula is C13H18FN3O2. The molecular weight excluding hydrogens is 249 g/mol. The summed E-state index contributed by atoms with van der Waals surface area (Å²) < 4.78 is 13.6.